The van der Waals surface area contributed by atoms with Crippen LogP contribution >= 0.6 is 0 Å². The molecule has 2 amide bonds. The summed E-state index contributed by atoms with van der Waals surface area (Å²) < 4.78 is 1.81. The fourth-order valence-electron chi connectivity index (χ4n) is 1.64. The van der Waals surface area contributed by atoms with Crippen LogP contribution in [0, 0.1) is 0 Å². The minimum absolute atomic E-state index is 0.327. The van der Waals surface area contributed by atoms with Crippen LogP contribution in [-0.4, -0.2) is 44.6 Å². The van der Waals surface area contributed by atoms with Crippen molar-refractivity contribution >= 4 is 12.0 Å². The van der Waals surface area contributed by atoms with Crippen LogP contribution in [0.5, 0.6) is 0 Å². The van der Waals surface area contributed by atoms with E-state index in [1.54, 1.807) is 19.4 Å². The number of amides is 2. The molecule has 1 heterocycles. The first kappa shape index (κ1) is 15.0. The first-order chi connectivity index (χ1) is 8.95. The summed E-state index contributed by atoms with van der Waals surface area (Å²) in [5.41, 5.74) is 0. The highest BCUT2D eigenvalue weighted by Crippen LogP contribution is 2.02. The van der Waals surface area contributed by atoms with Crippen molar-refractivity contribution in [3.8, 4) is 0 Å². The topological polar surface area (TPSA) is 87.5 Å². The molecule has 106 valence electrons. The number of hydrogen-bond donors (Lipinski definition) is 2. The summed E-state index contributed by atoms with van der Waals surface area (Å²) in [7, 11) is 3.44. The van der Waals surface area contributed by atoms with Gasteiger partial charge in [0.2, 0.25) is 0 Å². The molecule has 0 aliphatic rings. The Bertz CT molecular complexity index is 444. The Hall–Kier alpha value is -2.05. The summed E-state index contributed by atoms with van der Waals surface area (Å²) in [6, 6.07) is -1.26. The number of carboxylic acid groups (broad SMARTS) is 1. The third-order valence-corrected chi connectivity index (χ3v) is 2.82. The Morgan fingerprint density at radius 3 is 2.74 bits per heavy atom. The predicted molar refractivity (Wildman–Crippen MR) is 69.5 cm³/mol. The zero-order chi connectivity index (χ0) is 14.4. The number of carbonyl (C=O) groups excluding carboxylic acids is 1. The van der Waals surface area contributed by atoms with Crippen LogP contribution in [0.2, 0.25) is 0 Å². The average molecular weight is 268 g/mol. The number of rotatable bonds is 6. The number of carboxylic acids is 1. The molecule has 0 aromatic carbocycles. The number of aliphatic carboxylic acids is 1. The third kappa shape index (κ3) is 4.27. The lowest BCUT2D eigenvalue weighted by atomic mass is 10.2. The van der Waals surface area contributed by atoms with Crippen molar-refractivity contribution < 1.29 is 14.7 Å². The summed E-state index contributed by atoms with van der Waals surface area (Å²) in [6.07, 6.45) is 4.55. The zero-order valence-corrected chi connectivity index (χ0v) is 11.5. The Balaban J connectivity index is 2.57. The zero-order valence-electron chi connectivity index (χ0n) is 11.5. The molecule has 0 spiro atoms. The van der Waals surface area contributed by atoms with Gasteiger partial charge in [0.05, 0.1) is 6.54 Å². The van der Waals surface area contributed by atoms with E-state index in [9.17, 15) is 9.59 Å². The molecule has 2 N–H and O–H groups in total. The van der Waals surface area contributed by atoms with Crippen LogP contribution in [0.4, 0.5) is 4.79 Å². The van der Waals surface area contributed by atoms with Crippen LogP contribution in [0.3, 0.4) is 0 Å². The number of aryl methyl sites for hydroxylation is 1. The number of carbonyl (C=O) groups is 2. The van der Waals surface area contributed by atoms with Gasteiger partial charge >= 0.3 is 12.0 Å². The smallest absolute Gasteiger partial charge is 0.326 e. The van der Waals surface area contributed by atoms with Crippen molar-refractivity contribution in [3.63, 3.8) is 0 Å². The van der Waals surface area contributed by atoms with E-state index in [-0.39, 0.29) is 0 Å². The molecule has 0 fully saturated rings. The van der Waals surface area contributed by atoms with Crippen molar-refractivity contribution in [2.75, 3.05) is 7.05 Å². The maximum atomic E-state index is 11.9. The van der Waals surface area contributed by atoms with E-state index >= 15 is 0 Å². The van der Waals surface area contributed by atoms with Crippen molar-refractivity contribution in [1.29, 1.82) is 0 Å². The minimum atomic E-state index is -1.01. The lowest BCUT2D eigenvalue weighted by Gasteiger charge is -2.21. The first-order valence-electron chi connectivity index (χ1n) is 6.16. The Morgan fingerprint density at radius 2 is 2.26 bits per heavy atom. The SMILES string of the molecule is CCCC(NC(=O)N(C)Cc1nccn1C)C(=O)O. The van der Waals surface area contributed by atoms with Gasteiger partial charge in [0.25, 0.3) is 0 Å². The van der Waals surface area contributed by atoms with E-state index in [2.05, 4.69) is 10.3 Å². The molecular formula is C12H20N4O3. The molecule has 1 rings (SSSR count). The number of hydrogen-bond acceptors (Lipinski definition) is 3. The van der Waals surface area contributed by atoms with Crippen LogP contribution in [-0.2, 0) is 18.4 Å². The number of nitrogens with zero attached hydrogens (tertiary/aromatic N) is 3. The third-order valence-electron chi connectivity index (χ3n) is 2.82. The van der Waals surface area contributed by atoms with Crippen molar-refractivity contribution in [2.24, 2.45) is 7.05 Å². The van der Waals surface area contributed by atoms with Gasteiger partial charge in [-0.1, -0.05) is 13.3 Å². The van der Waals surface area contributed by atoms with Crippen molar-refractivity contribution in [1.82, 2.24) is 19.8 Å². The molecule has 1 aromatic heterocycles. The van der Waals surface area contributed by atoms with Gasteiger partial charge in [-0.05, 0) is 6.42 Å². The molecule has 0 aliphatic heterocycles. The highest BCUT2D eigenvalue weighted by Gasteiger charge is 2.21. The molecule has 0 saturated carbocycles. The van der Waals surface area contributed by atoms with E-state index in [0.29, 0.717) is 19.4 Å². The normalized spacial score (nSPS) is 11.9. The van der Waals surface area contributed by atoms with Crippen LogP contribution in [0.1, 0.15) is 25.6 Å². The lowest BCUT2D eigenvalue weighted by Crippen LogP contribution is -2.46. The number of nitrogens with one attached hydrogen (secondary N) is 1. The monoisotopic (exact) mass is 268 g/mol. The Labute approximate surface area is 112 Å². The van der Waals surface area contributed by atoms with E-state index in [4.69, 9.17) is 5.11 Å². The van der Waals surface area contributed by atoms with Gasteiger partial charge < -0.3 is 19.9 Å². The van der Waals surface area contributed by atoms with Crippen LogP contribution in [0.15, 0.2) is 12.4 Å². The summed E-state index contributed by atoms with van der Waals surface area (Å²) >= 11 is 0. The minimum Gasteiger partial charge on any atom is -0.480 e. The molecule has 0 saturated heterocycles. The van der Waals surface area contributed by atoms with Gasteiger partial charge in [-0.15, -0.1) is 0 Å². The van der Waals surface area contributed by atoms with E-state index in [1.165, 1.54) is 4.90 Å². The van der Waals surface area contributed by atoms with Crippen molar-refractivity contribution in [3.05, 3.63) is 18.2 Å². The molecule has 19 heavy (non-hydrogen) atoms. The molecule has 1 unspecified atom stereocenters. The summed E-state index contributed by atoms with van der Waals surface area (Å²) in [5.74, 6) is -0.277. The standard InChI is InChI=1S/C12H20N4O3/c1-4-5-9(11(17)18)14-12(19)16(3)8-10-13-6-7-15(10)2/h6-7,9H,4-5,8H2,1-3H3,(H,14,19)(H,17,18). The van der Waals surface area contributed by atoms with E-state index in [1.807, 2.05) is 18.5 Å². The lowest BCUT2D eigenvalue weighted by molar-refractivity contribution is -0.139. The maximum Gasteiger partial charge on any atom is 0.326 e. The molecule has 7 heteroatoms. The average Bonchev–Trinajstić information content (AvgIpc) is 2.74. The van der Waals surface area contributed by atoms with Gasteiger partial charge in [-0.3, -0.25) is 0 Å². The highest BCUT2D eigenvalue weighted by molar-refractivity contribution is 5.82. The second kappa shape index (κ2) is 6.77. The Morgan fingerprint density at radius 1 is 1.58 bits per heavy atom. The van der Waals surface area contributed by atoms with Gasteiger partial charge in [0.15, 0.2) is 0 Å². The van der Waals surface area contributed by atoms with Crippen LogP contribution in [0.25, 0.3) is 0 Å². The summed E-state index contributed by atoms with van der Waals surface area (Å²) in [6.45, 7) is 2.20. The molecule has 1 atom stereocenters. The van der Waals surface area contributed by atoms with Gasteiger partial charge in [0.1, 0.15) is 11.9 Å². The van der Waals surface area contributed by atoms with Gasteiger partial charge in [-0.2, -0.15) is 0 Å². The summed E-state index contributed by atoms with van der Waals surface area (Å²) in [5, 5.41) is 11.5. The molecule has 0 aliphatic carbocycles. The quantitative estimate of drug-likeness (QED) is 0.799. The number of aromatic nitrogens is 2. The fraction of sp³-hybridized carbons (Fsp3) is 0.583. The predicted octanol–water partition coefficient (Wildman–Crippen LogP) is 0.815. The molecular weight excluding hydrogens is 248 g/mol. The first-order valence-corrected chi connectivity index (χ1v) is 6.16. The fourth-order valence-corrected chi connectivity index (χ4v) is 1.64. The second-order valence-corrected chi connectivity index (χ2v) is 4.44. The largest absolute Gasteiger partial charge is 0.480 e. The van der Waals surface area contributed by atoms with Gasteiger partial charge in [0, 0.05) is 26.5 Å². The van der Waals surface area contributed by atoms with Crippen molar-refractivity contribution in [2.45, 2.75) is 32.4 Å². The maximum absolute atomic E-state index is 11.9. The second-order valence-electron chi connectivity index (χ2n) is 4.44. The Kier molecular flexibility index (Phi) is 5.35. The number of imidazole rings is 1. The molecule has 0 radical (unpaired) electrons. The number of urea groups is 1. The van der Waals surface area contributed by atoms with E-state index < -0.39 is 18.0 Å². The molecule has 7 nitrogen and oxygen atoms in total. The van der Waals surface area contributed by atoms with Gasteiger partial charge in [-0.25, -0.2) is 14.6 Å². The molecule has 0 bridgehead atoms. The van der Waals surface area contributed by atoms with E-state index in [0.717, 1.165) is 5.82 Å². The highest BCUT2D eigenvalue weighted by atomic mass is 16.4. The summed E-state index contributed by atoms with van der Waals surface area (Å²) in [4.78, 5) is 28.4. The molecule has 1 aromatic rings. The van der Waals surface area contributed by atoms with Crippen LogP contribution < -0.4 is 5.32 Å².